The van der Waals surface area contributed by atoms with Crippen LogP contribution in [0.2, 0.25) is 0 Å². The highest BCUT2D eigenvalue weighted by molar-refractivity contribution is 7.26. The average molecular weight is 927 g/mol. The summed E-state index contributed by atoms with van der Waals surface area (Å²) in [7, 11) is 0. The van der Waals surface area contributed by atoms with Crippen LogP contribution in [0.1, 0.15) is 49.9 Å². The Morgan fingerprint density at radius 1 is 0.296 bits per heavy atom. The van der Waals surface area contributed by atoms with Crippen molar-refractivity contribution < 1.29 is 0 Å². The summed E-state index contributed by atoms with van der Waals surface area (Å²) in [6, 6.07) is 86.0. The van der Waals surface area contributed by atoms with Crippen LogP contribution in [0.5, 0.6) is 0 Å². The zero-order valence-electron chi connectivity index (χ0n) is 40.2. The van der Waals surface area contributed by atoms with E-state index >= 15 is 0 Å². The molecule has 11 aromatic carbocycles. The van der Waals surface area contributed by atoms with Gasteiger partial charge in [0.15, 0.2) is 0 Å². The standard InChI is InChI=1S/C68H50N2S/c1-67(2)60-30-18-16-25-51(60)57-39-45(33-37-61(57)67)69(46-31-34-52-50-24-15-17-29-59(50)68(3,4)62(52)40-46)47-32-35-55-58-42-64(54-27-13-14-28-56(54)66(58)71-65(55)41-47)70(44-21-9-6-10-22-44)63-38-36-48(43-19-7-5-8-20-43)49-23-11-12-26-53(49)63/h5-42H,1-4H3. The third kappa shape index (κ3) is 6.26. The Balaban J connectivity index is 0.973. The number of hydrogen-bond acceptors (Lipinski definition) is 3. The molecule has 0 aliphatic heterocycles. The number of fused-ring (bicyclic) bond motifs is 12. The molecule has 3 heteroatoms. The SMILES string of the molecule is CC1(C)c2ccccc2-c2cc(N(c3ccc4c(c3)C(C)(C)c3ccccc3-4)c3ccc4c(c3)sc3c5ccccc5c(N(c5ccccc5)c5ccc(-c6ccccc6)c6ccccc56)cc43)ccc21. The molecule has 0 saturated heterocycles. The van der Waals surface area contributed by atoms with E-state index in [2.05, 4.69) is 268 Å². The van der Waals surface area contributed by atoms with Crippen molar-refractivity contribution in [2.24, 2.45) is 0 Å². The lowest BCUT2D eigenvalue weighted by atomic mass is 9.82. The zero-order chi connectivity index (χ0) is 47.6. The number of anilines is 6. The van der Waals surface area contributed by atoms with E-state index in [1.54, 1.807) is 0 Å². The first kappa shape index (κ1) is 41.7. The van der Waals surface area contributed by atoms with Gasteiger partial charge in [-0.2, -0.15) is 0 Å². The van der Waals surface area contributed by atoms with Gasteiger partial charge in [0.05, 0.1) is 11.4 Å². The Hall–Kier alpha value is -8.24. The topological polar surface area (TPSA) is 6.48 Å². The highest BCUT2D eigenvalue weighted by atomic mass is 32.1. The van der Waals surface area contributed by atoms with Crippen molar-refractivity contribution in [1.82, 2.24) is 0 Å². The molecule has 2 aliphatic carbocycles. The maximum atomic E-state index is 2.50. The third-order valence-corrected chi connectivity index (χ3v) is 17.0. The van der Waals surface area contributed by atoms with Crippen LogP contribution in [0.25, 0.3) is 75.1 Å². The highest BCUT2D eigenvalue weighted by Crippen LogP contribution is 2.54. The lowest BCUT2D eigenvalue weighted by Crippen LogP contribution is -2.17. The Morgan fingerprint density at radius 3 is 1.56 bits per heavy atom. The van der Waals surface area contributed by atoms with Crippen molar-refractivity contribution in [3.63, 3.8) is 0 Å². The predicted octanol–water partition coefficient (Wildman–Crippen LogP) is 19.6. The van der Waals surface area contributed by atoms with E-state index < -0.39 is 0 Å². The van der Waals surface area contributed by atoms with Gasteiger partial charge in [0, 0.05) is 69.9 Å². The fraction of sp³-hybridized carbons (Fsp3) is 0.0882. The number of para-hydroxylation sites is 1. The van der Waals surface area contributed by atoms with E-state index in [0.29, 0.717) is 0 Å². The summed E-state index contributed by atoms with van der Waals surface area (Å²) in [5, 5.41) is 7.43. The molecule has 71 heavy (non-hydrogen) atoms. The summed E-state index contributed by atoms with van der Waals surface area (Å²) in [4.78, 5) is 4.99. The van der Waals surface area contributed by atoms with Crippen LogP contribution in [0.15, 0.2) is 231 Å². The molecule has 0 unspecified atom stereocenters. The Morgan fingerprint density at radius 2 is 0.817 bits per heavy atom. The molecule has 0 fully saturated rings. The Labute approximate surface area is 419 Å². The smallest absolute Gasteiger partial charge is 0.0547 e. The molecule has 0 spiro atoms. The van der Waals surface area contributed by atoms with Gasteiger partial charge < -0.3 is 9.80 Å². The second-order valence-corrected chi connectivity index (χ2v) is 21.5. The van der Waals surface area contributed by atoms with Crippen molar-refractivity contribution in [3.8, 4) is 33.4 Å². The monoisotopic (exact) mass is 926 g/mol. The summed E-state index contributed by atoms with van der Waals surface area (Å²) in [6.07, 6.45) is 0. The van der Waals surface area contributed by atoms with Crippen LogP contribution in [0, 0.1) is 0 Å². The van der Waals surface area contributed by atoms with Crippen LogP contribution < -0.4 is 9.80 Å². The van der Waals surface area contributed by atoms with Gasteiger partial charge in [-0.1, -0.05) is 198 Å². The van der Waals surface area contributed by atoms with Gasteiger partial charge in [0.2, 0.25) is 0 Å². The maximum Gasteiger partial charge on any atom is 0.0547 e. The van der Waals surface area contributed by atoms with Crippen molar-refractivity contribution in [2.75, 3.05) is 9.80 Å². The van der Waals surface area contributed by atoms with Crippen molar-refractivity contribution >= 4 is 87.2 Å². The fourth-order valence-corrected chi connectivity index (χ4v) is 13.6. The molecule has 12 aromatic rings. The Bertz CT molecular complexity index is 4120. The number of nitrogens with zero attached hydrogens (tertiary/aromatic N) is 2. The predicted molar refractivity (Wildman–Crippen MR) is 304 cm³/mol. The molecule has 14 rings (SSSR count). The minimum Gasteiger partial charge on any atom is -0.310 e. The minimum atomic E-state index is -0.132. The van der Waals surface area contributed by atoms with Crippen LogP contribution >= 0.6 is 11.3 Å². The molecule has 0 atom stereocenters. The van der Waals surface area contributed by atoms with Crippen molar-refractivity contribution in [1.29, 1.82) is 0 Å². The molecular formula is C68H50N2S. The largest absolute Gasteiger partial charge is 0.310 e. The van der Waals surface area contributed by atoms with E-state index in [4.69, 9.17) is 0 Å². The second kappa shape index (κ2) is 15.6. The fourth-order valence-electron chi connectivity index (χ4n) is 12.4. The first-order valence-corrected chi connectivity index (χ1v) is 25.6. The van der Waals surface area contributed by atoms with Gasteiger partial charge in [-0.05, 0) is 122 Å². The molecule has 1 aromatic heterocycles. The average Bonchev–Trinajstić information content (AvgIpc) is 3.98. The lowest BCUT2D eigenvalue weighted by Gasteiger charge is -2.29. The normalized spacial score (nSPS) is 13.9. The third-order valence-electron chi connectivity index (χ3n) is 15.8. The maximum absolute atomic E-state index is 2.50. The van der Waals surface area contributed by atoms with Crippen LogP contribution in [-0.2, 0) is 10.8 Å². The van der Waals surface area contributed by atoms with Crippen LogP contribution in [-0.4, -0.2) is 0 Å². The Kier molecular flexibility index (Phi) is 9.18. The van der Waals surface area contributed by atoms with E-state index in [1.165, 1.54) is 97.4 Å². The zero-order valence-corrected chi connectivity index (χ0v) is 41.1. The molecule has 338 valence electrons. The molecule has 1 heterocycles. The minimum absolute atomic E-state index is 0.0783. The second-order valence-electron chi connectivity index (χ2n) is 20.5. The lowest BCUT2D eigenvalue weighted by molar-refractivity contribution is 0.660. The molecule has 2 aliphatic rings. The molecular weight excluding hydrogens is 877 g/mol. The van der Waals surface area contributed by atoms with Gasteiger partial charge in [0.25, 0.3) is 0 Å². The quantitative estimate of drug-likeness (QED) is 0.157. The summed E-state index contributed by atoms with van der Waals surface area (Å²) in [6.45, 7) is 9.48. The number of rotatable bonds is 7. The number of thiophene rings is 1. The summed E-state index contributed by atoms with van der Waals surface area (Å²) < 4.78 is 2.56. The molecule has 0 amide bonds. The highest BCUT2D eigenvalue weighted by Gasteiger charge is 2.38. The summed E-state index contributed by atoms with van der Waals surface area (Å²) in [5.74, 6) is 0. The van der Waals surface area contributed by atoms with Gasteiger partial charge in [-0.25, -0.2) is 0 Å². The van der Waals surface area contributed by atoms with E-state index in [0.717, 1.165) is 34.1 Å². The molecule has 2 nitrogen and oxygen atoms in total. The molecule has 0 radical (unpaired) electrons. The molecule has 0 saturated carbocycles. The van der Waals surface area contributed by atoms with Gasteiger partial charge >= 0.3 is 0 Å². The first-order valence-electron chi connectivity index (χ1n) is 24.8. The van der Waals surface area contributed by atoms with Gasteiger partial charge in [0.1, 0.15) is 0 Å². The summed E-state index contributed by atoms with van der Waals surface area (Å²) >= 11 is 1.90. The van der Waals surface area contributed by atoms with Crippen molar-refractivity contribution in [2.45, 2.75) is 38.5 Å². The van der Waals surface area contributed by atoms with Crippen LogP contribution in [0.4, 0.5) is 34.1 Å². The molecule has 0 N–H and O–H groups in total. The van der Waals surface area contributed by atoms with E-state index in [-0.39, 0.29) is 10.8 Å². The van der Waals surface area contributed by atoms with E-state index in [9.17, 15) is 0 Å². The van der Waals surface area contributed by atoms with Gasteiger partial charge in [-0.15, -0.1) is 11.3 Å². The summed E-state index contributed by atoms with van der Waals surface area (Å²) in [5.41, 5.74) is 19.9. The number of benzene rings is 11. The first-order chi connectivity index (χ1) is 34.7. The van der Waals surface area contributed by atoms with Gasteiger partial charge in [-0.3, -0.25) is 0 Å². The van der Waals surface area contributed by atoms with Crippen LogP contribution in [0.3, 0.4) is 0 Å². The van der Waals surface area contributed by atoms with E-state index in [1.807, 2.05) is 11.3 Å². The number of hydrogen-bond donors (Lipinski definition) is 0. The van der Waals surface area contributed by atoms with Crippen molar-refractivity contribution in [3.05, 3.63) is 253 Å². The molecule has 0 bridgehead atoms.